The van der Waals surface area contributed by atoms with Crippen molar-refractivity contribution >= 4 is 46.1 Å². The number of aromatic nitrogens is 2. The number of nitrogens with zero attached hydrogens (tertiary/aromatic N) is 6. The van der Waals surface area contributed by atoms with Crippen LogP contribution in [0, 0.1) is 11.3 Å². The van der Waals surface area contributed by atoms with Crippen LogP contribution < -0.4 is 30.0 Å². The van der Waals surface area contributed by atoms with Crippen molar-refractivity contribution in [3.05, 3.63) is 75.8 Å². The van der Waals surface area contributed by atoms with Crippen molar-refractivity contribution in [2.45, 2.75) is 76.5 Å². The summed E-state index contributed by atoms with van der Waals surface area (Å²) in [6.07, 6.45) is 9.90. The summed E-state index contributed by atoms with van der Waals surface area (Å²) in [4.78, 5) is 89.7. The topological polar surface area (TPSA) is 173 Å². The first-order valence-electron chi connectivity index (χ1n) is 22.5. The van der Waals surface area contributed by atoms with Gasteiger partial charge < -0.3 is 28.6 Å². The molecule has 0 radical (unpaired) electrons. The van der Waals surface area contributed by atoms with Gasteiger partial charge in [0.15, 0.2) is 0 Å². The summed E-state index contributed by atoms with van der Waals surface area (Å²) < 4.78 is 19.9. The fourth-order valence-corrected chi connectivity index (χ4v) is 10.7. The Morgan fingerprint density at radius 2 is 1.53 bits per heavy atom. The number of carbonyl (C=O) groups excluding carboxylic acids is 5. The number of pyridine rings is 2. The number of fused-ring (bicyclic) bond motifs is 2. The van der Waals surface area contributed by atoms with Gasteiger partial charge in [-0.2, -0.15) is 0 Å². The van der Waals surface area contributed by atoms with Crippen molar-refractivity contribution in [2.75, 3.05) is 58.4 Å². The molecule has 1 N–H and O–H groups in total. The minimum Gasteiger partial charge on any atom is -0.496 e. The highest BCUT2D eigenvalue weighted by Crippen LogP contribution is 2.51. The Morgan fingerprint density at radius 3 is 2.19 bits per heavy atom. The predicted molar refractivity (Wildman–Crippen MR) is 235 cm³/mol. The molecule has 7 heterocycles. The van der Waals surface area contributed by atoms with Crippen LogP contribution in [0.25, 0.3) is 21.9 Å². The van der Waals surface area contributed by atoms with Gasteiger partial charge in [0, 0.05) is 75.5 Å². The molecule has 1 spiro atoms. The Morgan fingerprint density at radius 1 is 0.828 bits per heavy atom. The quantitative estimate of drug-likeness (QED) is 0.225. The lowest BCUT2D eigenvalue weighted by atomic mass is 9.61. The van der Waals surface area contributed by atoms with Crippen molar-refractivity contribution in [2.24, 2.45) is 18.4 Å². The summed E-state index contributed by atoms with van der Waals surface area (Å²) >= 11 is 0. The zero-order chi connectivity index (χ0) is 44.4. The van der Waals surface area contributed by atoms with Crippen LogP contribution >= 0.6 is 0 Å². The number of likely N-dealkylation sites (tertiary alicyclic amines) is 2. The van der Waals surface area contributed by atoms with Crippen molar-refractivity contribution < 1.29 is 38.2 Å². The van der Waals surface area contributed by atoms with Gasteiger partial charge in [-0.15, -0.1) is 0 Å². The van der Waals surface area contributed by atoms with Crippen LogP contribution in [0.5, 0.6) is 17.2 Å². The van der Waals surface area contributed by atoms with E-state index in [-0.39, 0.29) is 52.9 Å². The average Bonchev–Trinajstić information content (AvgIpc) is 3.51. The fraction of sp³-hybridized carbons (Fsp3) is 0.479. The maximum absolute atomic E-state index is 13.9. The maximum atomic E-state index is 13.9. The van der Waals surface area contributed by atoms with Gasteiger partial charge >= 0.3 is 0 Å². The van der Waals surface area contributed by atoms with Gasteiger partial charge in [-0.05, 0) is 112 Å². The van der Waals surface area contributed by atoms with E-state index in [0.29, 0.717) is 29.2 Å². The third-order valence-electron chi connectivity index (χ3n) is 14.6. The number of ether oxygens (including phenoxy) is 3. The highest BCUT2D eigenvalue weighted by atomic mass is 16.5. The molecule has 16 heteroatoms. The molecular formula is C48H53N7O9. The molecule has 2 aromatic heterocycles. The number of anilines is 1. The molecule has 5 amide bonds. The number of aryl methyl sites for hydroxylation is 1. The molecule has 64 heavy (non-hydrogen) atoms. The number of methoxy groups -OCH3 is 2. The Balaban J connectivity index is 0.726. The first-order valence-corrected chi connectivity index (χ1v) is 22.5. The molecule has 334 valence electrons. The second-order valence-electron chi connectivity index (χ2n) is 18.4. The Hall–Kier alpha value is -6.29. The van der Waals surface area contributed by atoms with Gasteiger partial charge in [0.2, 0.25) is 17.7 Å². The van der Waals surface area contributed by atoms with Crippen LogP contribution in [0.15, 0.2) is 53.6 Å². The molecule has 5 fully saturated rings. The normalized spacial score (nSPS) is 21.5. The van der Waals surface area contributed by atoms with Gasteiger partial charge in [-0.25, -0.2) is 4.98 Å². The largest absolute Gasteiger partial charge is 0.496 e. The molecule has 4 saturated heterocycles. The highest BCUT2D eigenvalue weighted by Gasteiger charge is 2.49. The van der Waals surface area contributed by atoms with Crippen molar-refractivity contribution in [1.82, 2.24) is 29.6 Å². The first kappa shape index (κ1) is 41.7. The zero-order valence-corrected chi connectivity index (χ0v) is 36.5. The third-order valence-corrected chi connectivity index (χ3v) is 14.6. The molecule has 1 atom stereocenters. The van der Waals surface area contributed by atoms with Crippen LogP contribution in [0.3, 0.4) is 0 Å². The molecule has 0 bridgehead atoms. The number of hydrogen-bond donors (Lipinski definition) is 1. The predicted octanol–water partition coefficient (Wildman–Crippen LogP) is 4.29. The van der Waals surface area contributed by atoms with E-state index in [1.54, 1.807) is 50.2 Å². The second kappa shape index (κ2) is 16.4. The van der Waals surface area contributed by atoms with Gasteiger partial charge in [0.25, 0.3) is 17.4 Å². The lowest BCUT2D eigenvalue weighted by Crippen LogP contribution is -2.54. The SMILES string of the molecule is COc1cc(-c2cn(C)c(=O)c3cnc(N4CCC4)cc23)cc(OC)c1CN1CCC(C(=O)N2CCC3(CC2)CC(Oc2ccc4c(c2)C(=O)N(C2CCC(=O)NC2=O)C4=O)C3)CC1. The molecule has 4 aromatic rings. The van der Waals surface area contributed by atoms with E-state index in [4.69, 9.17) is 14.2 Å². The van der Waals surface area contributed by atoms with E-state index in [2.05, 4.69) is 20.1 Å². The lowest BCUT2D eigenvalue weighted by Gasteiger charge is -2.52. The molecule has 10 rings (SSSR count). The Kier molecular flexibility index (Phi) is 10.7. The van der Waals surface area contributed by atoms with E-state index in [1.165, 1.54) is 0 Å². The maximum Gasteiger partial charge on any atom is 0.262 e. The summed E-state index contributed by atoms with van der Waals surface area (Å²) in [6.45, 7) is 5.51. The number of hydrogen-bond acceptors (Lipinski definition) is 12. The fourth-order valence-electron chi connectivity index (χ4n) is 10.7. The monoisotopic (exact) mass is 871 g/mol. The van der Waals surface area contributed by atoms with Crippen LogP contribution in [0.4, 0.5) is 5.82 Å². The molecule has 1 unspecified atom stereocenters. The number of nitrogens with one attached hydrogen (secondary N) is 1. The molecule has 2 aromatic carbocycles. The van der Waals surface area contributed by atoms with Crippen molar-refractivity contribution in [3.8, 4) is 28.4 Å². The minimum absolute atomic E-state index is 0.0251. The van der Waals surface area contributed by atoms with E-state index < -0.39 is 29.7 Å². The van der Waals surface area contributed by atoms with Gasteiger partial charge in [0.1, 0.15) is 29.1 Å². The summed E-state index contributed by atoms with van der Waals surface area (Å²) in [5.74, 6) is 0.845. The molecular weight excluding hydrogens is 819 g/mol. The minimum atomic E-state index is -1.01. The first-order chi connectivity index (χ1) is 30.9. The number of piperidine rings is 3. The summed E-state index contributed by atoms with van der Waals surface area (Å²) in [5.41, 5.74) is 3.17. The highest BCUT2D eigenvalue weighted by molar-refractivity contribution is 6.23. The smallest absolute Gasteiger partial charge is 0.262 e. The molecule has 1 aliphatic carbocycles. The van der Waals surface area contributed by atoms with E-state index in [0.717, 1.165) is 117 Å². The number of amides is 5. The molecule has 1 saturated carbocycles. The standard InChI is InChI=1S/C48H53N7O9/c1-51-26-36(33-22-41(53-13-4-14-53)49-25-35(33)45(51)59)29-19-39(62-2)37(40(20-29)63-3)27-52-15-9-28(10-16-52)44(58)54-17-11-48(12-18-54)23-31(24-48)64-30-5-6-32-34(21-30)47(61)55(46(32)60)38-7-8-42(56)50-43(38)57/h5-6,19-22,25-26,28,31,38H,4,7-18,23-24,27H2,1-3H3,(H,50,56,57). The molecule has 5 aliphatic heterocycles. The van der Waals surface area contributed by atoms with Crippen LogP contribution in [0.2, 0.25) is 0 Å². The van der Waals surface area contributed by atoms with Gasteiger partial charge in [-0.3, -0.25) is 43.9 Å². The average molecular weight is 872 g/mol. The number of benzene rings is 2. The number of carbonyl (C=O) groups is 5. The van der Waals surface area contributed by atoms with Gasteiger partial charge in [-0.1, -0.05) is 0 Å². The Labute approximate surface area is 370 Å². The van der Waals surface area contributed by atoms with Crippen LogP contribution in [-0.4, -0.2) is 119 Å². The lowest BCUT2D eigenvalue weighted by molar-refractivity contribution is -0.142. The zero-order valence-electron chi connectivity index (χ0n) is 36.5. The number of rotatable bonds is 10. The second-order valence-corrected chi connectivity index (χ2v) is 18.4. The number of imide groups is 2. The van der Waals surface area contributed by atoms with E-state index >= 15 is 0 Å². The van der Waals surface area contributed by atoms with Gasteiger partial charge in [0.05, 0.1) is 42.4 Å². The molecule has 6 aliphatic rings. The summed E-state index contributed by atoms with van der Waals surface area (Å²) in [7, 11) is 5.09. The van der Waals surface area contributed by atoms with Crippen molar-refractivity contribution in [3.63, 3.8) is 0 Å². The van der Waals surface area contributed by atoms with Crippen LogP contribution in [0.1, 0.15) is 84.1 Å². The third kappa shape index (κ3) is 7.34. The van der Waals surface area contributed by atoms with E-state index in [9.17, 15) is 28.8 Å². The van der Waals surface area contributed by atoms with E-state index in [1.807, 2.05) is 29.3 Å². The summed E-state index contributed by atoms with van der Waals surface area (Å²) in [6, 6.07) is 9.90. The van der Waals surface area contributed by atoms with Crippen molar-refractivity contribution in [1.29, 1.82) is 0 Å². The summed E-state index contributed by atoms with van der Waals surface area (Å²) in [5, 5.41) is 3.63. The Bertz CT molecular complexity index is 2630. The molecule has 16 nitrogen and oxygen atoms in total. The van der Waals surface area contributed by atoms with Crippen LogP contribution in [-0.2, 0) is 28.0 Å².